The Morgan fingerprint density at radius 3 is 2.91 bits per heavy atom. The fourth-order valence-corrected chi connectivity index (χ4v) is 2.55. The van der Waals surface area contributed by atoms with E-state index in [0.29, 0.717) is 16.4 Å². The molecule has 0 bridgehead atoms. The van der Waals surface area contributed by atoms with Crippen LogP contribution in [0.5, 0.6) is 0 Å². The van der Waals surface area contributed by atoms with Crippen molar-refractivity contribution in [2.24, 2.45) is 0 Å². The van der Waals surface area contributed by atoms with E-state index in [4.69, 9.17) is 20.1 Å². The molecule has 3 rings (SSSR count). The molecule has 0 spiro atoms. The lowest BCUT2D eigenvalue weighted by atomic mass is 10.1. The van der Waals surface area contributed by atoms with Crippen molar-refractivity contribution >= 4 is 27.8 Å². The molecule has 6 heteroatoms. The predicted octanol–water partition coefficient (Wildman–Crippen LogP) is 2.47. The quantitative estimate of drug-likeness (QED) is 0.754. The number of nitrogen functional groups attached to an aromatic ring is 1. The number of nitrogens with zero attached hydrogens (tertiary/aromatic N) is 3. The molecule has 0 amide bonds. The molecule has 6 nitrogen and oxygen atoms in total. The number of nitrogens with two attached hydrogens (primary N) is 1. The molecule has 0 aliphatic rings. The van der Waals surface area contributed by atoms with Crippen molar-refractivity contribution in [2.45, 2.75) is 39.4 Å². The highest BCUT2D eigenvalue weighted by Gasteiger charge is 2.22. The molecule has 0 atom stereocenters. The molecule has 0 aliphatic carbocycles. The number of hydrogen-bond acceptors (Lipinski definition) is 5. The molecule has 122 valence electrons. The van der Waals surface area contributed by atoms with Gasteiger partial charge in [0.1, 0.15) is 17.9 Å². The molecule has 3 aromatic rings. The van der Waals surface area contributed by atoms with Crippen LogP contribution >= 0.6 is 0 Å². The summed E-state index contributed by atoms with van der Waals surface area (Å²) in [4.78, 5) is 8.46. The Morgan fingerprint density at radius 2 is 2.17 bits per heavy atom. The van der Waals surface area contributed by atoms with Gasteiger partial charge in [0, 0.05) is 16.1 Å². The van der Waals surface area contributed by atoms with Gasteiger partial charge in [0.15, 0.2) is 5.82 Å². The van der Waals surface area contributed by atoms with Crippen LogP contribution < -0.4 is 5.73 Å². The second-order valence-corrected chi connectivity index (χ2v) is 5.85. The Bertz CT molecular complexity index is 1100. The number of aromatic nitrogens is 3. The molecular weight excluding hydrogens is 292 g/mol. The third-order valence-electron chi connectivity index (χ3n) is 3.35. The summed E-state index contributed by atoms with van der Waals surface area (Å²) >= 11 is 0. The SMILES string of the molecule is [2H]C([2H])(OC([2H])([2H])C([2H])([2H])[2H])c1nc2c(N)nc3ccccc3c2n1CC(C)(C)O. The van der Waals surface area contributed by atoms with Gasteiger partial charge in [-0.2, -0.15) is 0 Å². The van der Waals surface area contributed by atoms with E-state index in [9.17, 15) is 5.11 Å². The maximum absolute atomic E-state index is 10.4. The van der Waals surface area contributed by atoms with Crippen LogP contribution in [0, 0.1) is 0 Å². The molecule has 0 saturated heterocycles. The Hall–Kier alpha value is -2.18. The lowest BCUT2D eigenvalue weighted by molar-refractivity contribution is 0.0582. The lowest BCUT2D eigenvalue weighted by Crippen LogP contribution is -2.27. The van der Waals surface area contributed by atoms with Gasteiger partial charge in [-0.25, -0.2) is 9.97 Å². The molecule has 2 heterocycles. The molecule has 0 radical (unpaired) electrons. The van der Waals surface area contributed by atoms with Crippen LogP contribution in [0.2, 0.25) is 0 Å². The molecule has 0 aliphatic heterocycles. The maximum atomic E-state index is 10.4. The van der Waals surface area contributed by atoms with Crippen LogP contribution in [0.4, 0.5) is 5.82 Å². The molecule has 0 unspecified atom stereocenters. The monoisotopic (exact) mass is 321 g/mol. The smallest absolute Gasteiger partial charge is 0.152 e. The zero-order chi connectivity index (χ0) is 22.7. The minimum Gasteiger partial charge on any atom is -0.389 e. The summed E-state index contributed by atoms with van der Waals surface area (Å²) in [5.41, 5.74) is 5.74. The molecule has 0 fully saturated rings. The van der Waals surface area contributed by atoms with Crippen molar-refractivity contribution in [3.8, 4) is 0 Å². The second-order valence-electron chi connectivity index (χ2n) is 5.85. The molecule has 1 aromatic carbocycles. The number of hydrogen-bond donors (Lipinski definition) is 2. The average molecular weight is 321 g/mol. The minimum atomic E-state index is -3.29. The van der Waals surface area contributed by atoms with Crippen LogP contribution in [0.25, 0.3) is 21.9 Å². The lowest BCUT2D eigenvalue weighted by Gasteiger charge is -2.20. The van der Waals surface area contributed by atoms with Crippen molar-refractivity contribution in [1.82, 2.24) is 14.5 Å². The summed E-state index contributed by atoms with van der Waals surface area (Å²) in [6.45, 7) is -6.62. The minimum absolute atomic E-state index is 0.00841. The fourth-order valence-electron chi connectivity index (χ4n) is 2.55. The first-order chi connectivity index (χ1) is 13.5. The van der Waals surface area contributed by atoms with Crippen LogP contribution in [-0.4, -0.2) is 31.8 Å². The average Bonchev–Trinajstić information content (AvgIpc) is 2.92. The Labute approximate surface area is 144 Å². The Kier molecular flexibility index (Phi) is 2.32. The Balaban J connectivity index is 2.32. The van der Waals surface area contributed by atoms with Crippen molar-refractivity contribution in [3.05, 3.63) is 30.1 Å². The summed E-state index contributed by atoms with van der Waals surface area (Å²) in [6.07, 6.45) is 0. The van der Waals surface area contributed by atoms with Crippen LogP contribution in [0.1, 0.15) is 36.1 Å². The van der Waals surface area contributed by atoms with Gasteiger partial charge < -0.3 is 20.1 Å². The fraction of sp³-hybridized carbons (Fsp3) is 0.412. The number of ether oxygens (including phenoxy) is 1. The second kappa shape index (κ2) is 5.79. The van der Waals surface area contributed by atoms with Crippen molar-refractivity contribution in [2.75, 3.05) is 12.3 Å². The molecule has 3 N–H and O–H groups in total. The number of rotatable bonds is 5. The Morgan fingerprint density at radius 1 is 1.39 bits per heavy atom. The number of aliphatic hydroxyl groups is 1. The van der Waals surface area contributed by atoms with Crippen molar-refractivity contribution < 1.29 is 19.4 Å². The largest absolute Gasteiger partial charge is 0.389 e. The topological polar surface area (TPSA) is 86.2 Å². The number of pyridine rings is 1. The number of anilines is 1. The van der Waals surface area contributed by atoms with E-state index in [0.717, 1.165) is 0 Å². The van der Waals surface area contributed by atoms with E-state index < -0.39 is 31.4 Å². The first kappa shape index (κ1) is 9.20. The molecule has 2 aromatic heterocycles. The number of benzene rings is 1. The van der Waals surface area contributed by atoms with E-state index >= 15 is 0 Å². The summed E-state index contributed by atoms with van der Waals surface area (Å²) in [6, 6.07) is 6.95. The standard InChI is InChI=1S/C17H22N4O2/c1-4-23-9-13-20-14-15(21(13)10-17(2,3)22)11-7-5-6-8-12(11)19-16(14)18/h5-8,22H,4,9-10H2,1-3H3,(H2,18,19)/i1D3,4D2,9D2. The van der Waals surface area contributed by atoms with E-state index in [-0.39, 0.29) is 17.9 Å². The normalized spacial score (nSPS) is 18.7. The van der Waals surface area contributed by atoms with E-state index in [1.807, 2.05) is 0 Å². The van der Waals surface area contributed by atoms with E-state index in [2.05, 4.69) is 9.97 Å². The summed E-state index contributed by atoms with van der Waals surface area (Å²) < 4.78 is 59.9. The maximum Gasteiger partial charge on any atom is 0.152 e. The van der Waals surface area contributed by atoms with Gasteiger partial charge in [-0.3, -0.25) is 0 Å². The molecule has 23 heavy (non-hydrogen) atoms. The highest BCUT2D eigenvalue weighted by atomic mass is 16.5. The molecular formula is C17H22N4O2. The zero-order valence-corrected chi connectivity index (χ0v) is 12.8. The van der Waals surface area contributed by atoms with Crippen molar-refractivity contribution in [3.63, 3.8) is 0 Å². The van der Waals surface area contributed by atoms with Crippen LogP contribution in [-0.2, 0) is 17.8 Å². The van der Waals surface area contributed by atoms with E-state index in [1.54, 1.807) is 24.3 Å². The first-order valence-corrected chi connectivity index (χ1v) is 7.01. The third kappa shape index (κ3) is 3.00. The predicted molar refractivity (Wildman–Crippen MR) is 91.1 cm³/mol. The van der Waals surface area contributed by atoms with Crippen LogP contribution in [0.15, 0.2) is 24.3 Å². The molecule has 0 saturated carbocycles. The van der Waals surface area contributed by atoms with Gasteiger partial charge in [-0.15, -0.1) is 0 Å². The number of fused-ring (bicyclic) bond motifs is 3. The zero-order valence-electron chi connectivity index (χ0n) is 19.8. The highest BCUT2D eigenvalue weighted by molar-refractivity contribution is 6.06. The first-order valence-electron chi connectivity index (χ1n) is 10.5. The number of imidazole rings is 1. The van der Waals surface area contributed by atoms with E-state index in [1.165, 1.54) is 18.4 Å². The number of para-hydroxylation sites is 1. The van der Waals surface area contributed by atoms with Crippen LogP contribution in [0.3, 0.4) is 0 Å². The van der Waals surface area contributed by atoms with Crippen molar-refractivity contribution in [1.29, 1.82) is 0 Å². The van der Waals surface area contributed by atoms with Gasteiger partial charge >= 0.3 is 0 Å². The van der Waals surface area contributed by atoms with Gasteiger partial charge in [-0.05, 0) is 26.8 Å². The summed E-state index contributed by atoms with van der Waals surface area (Å²) in [5, 5.41) is 11.0. The summed E-state index contributed by atoms with van der Waals surface area (Å²) in [5.74, 6) is -0.424. The third-order valence-corrected chi connectivity index (χ3v) is 3.35. The van der Waals surface area contributed by atoms with Gasteiger partial charge in [0.05, 0.1) is 28.7 Å². The van der Waals surface area contributed by atoms with Gasteiger partial charge in [-0.1, -0.05) is 18.2 Å². The van der Waals surface area contributed by atoms with Gasteiger partial charge in [0.25, 0.3) is 0 Å². The highest BCUT2D eigenvalue weighted by Crippen LogP contribution is 2.30. The summed E-state index contributed by atoms with van der Waals surface area (Å²) in [7, 11) is 0. The van der Waals surface area contributed by atoms with Gasteiger partial charge in [0.2, 0.25) is 0 Å².